The topological polar surface area (TPSA) is 36.0 Å². The molecule has 1 amide bonds. The maximum Gasteiger partial charge on any atom is 0.410 e. The average molecular weight is 452 g/mol. The molecule has 0 aliphatic carbocycles. The van der Waals surface area contributed by atoms with Gasteiger partial charge in [0.15, 0.2) is 0 Å². The first-order valence-corrected chi connectivity index (χ1v) is 12.4. The van der Waals surface area contributed by atoms with Crippen LogP contribution in [0.15, 0.2) is 60.7 Å². The summed E-state index contributed by atoms with van der Waals surface area (Å²) < 4.78 is 5.50. The third-order valence-corrected chi connectivity index (χ3v) is 5.97. The van der Waals surface area contributed by atoms with Crippen molar-refractivity contribution in [3.63, 3.8) is 0 Å². The van der Waals surface area contributed by atoms with Crippen molar-refractivity contribution in [3.8, 4) is 0 Å². The van der Waals surface area contributed by atoms with Crippen LogP contribution in [0, 0.1) is 0 Å². The molecule has 5 heteroatoms. The van der Waals surface area contributed by atoms with E-state index in [4.69, 9.17) is 4.74 Å². The van der Waals surface area contributed by atoms with Gasteiger partial charge < -0.3 is 9.64 Å². The number of unbranched alkanes of at least 4 members (excludes halogenated alkanes) is 2. The second kappa shape index (κ2) is 12.8. The van der Waals surface area contributed by atoms with Gasteiger partial charge in [-0.05, 0) is 57.8 Å². The highest BCUT2D eigenvalue weighted by Gasteiger charge is 2.25. The lowest BCUT2D eigenvalue weighted by Crippen LogP contribution is -2.50. The second-order valence-corrected chi connectivity index (χ2v) is 10.1. The zero-order valence-electron chi connectivity index (χ0n) is 20.7. The Labute approximate surface area is 200 Å². The molecule has 1 heterocycles. The molecule has 0 radical (unpaired) electrons. The van der Waals surface area contributed by atoms with Gasteiger partial charge in [0, 0.05) is 39.3 Å². The number of carbonyl (C=O) groups excluding carboxylic acids is 1. The Morgan fingerprint density at radius 2 is 1.36 bits per heavy atom. The summed E-state index contributed by atoms with van der Waals surface area (Å²) in [6, 6.07) is 21.5. The molecule has 2 aromatic carbocycles. The van der Waals surface area contributed by atoms with Gasteiger partial charge in [0.1, 0.15) is 5.60 Å². The van der Waals surface area contributed by atoms with Gasteiger partial charge in [0.25, 0.3) is 0 Å². The zero-order chi connectivity index (χ0) is 23.5. The number of carbonyl (C=O) groups is 1. The Morgan fingerprint density at radius 1 is 0.818 bits per heavy atom. The fourth-order valence-electron chi connectivity index (χ4n) is 4.23. The Morgan fingerprint density at radius 3 is 1.88 bits per heavy atom. The molecular weight excluding hydrogens is 410 g/mol. The summed E-state index contributed by atoms with van der Waals surface area (Å²) in [7, 11) is 0. The van der Waals surface area contributed by atoms with Crippen LogP contribution < -0.4 is 0 Å². The highest BCUT2D eigenvalue weighted by Crippen LogP contribution is 2.14. The van der Waals surface area contributed by atoms with Gasteiger partial charge >= 0.3 is 6.09 Å². The van der Waals surface area contributed by atoms with E-state index in [9.17, 15) is 4.79 Å². The standard InChI is InChI=1S/C28H41N3O2/c1-28(2,3)33-27(32)31-21-19-29(20-22-31)17-11-6-12-18-30(23-25-13-7-4-8-14-25)24-26-15-9-5-10-16-26/h4-5,7-10,13-16H,6,11-12,17-24H2,1-3H3. The quantitative estimate of drug-likeness (QED) is 0.453. The molecule has 1 saturated heterocycles. The Bertz CT molecular complexity index is 771. The van der Waals surface area contributed by atoms with Gasteiger partial charge in [-0.15, -0.1) is 0 Å². The van der Waals surface area contributed by atoms with Gasteiger partial charge in [0.05, 0.1) is 0 Å². The first kappa shape index (κ1) is 25.3. The molecule has 33 heavy (non-hydrogen) atoms. The monoisotopic (exact) mass is 451 g/mol. The molecule has 0 spiro atoms. The van der Waals surface area contributed by atoms with Crippen LogP contribution in [0.4, 0.5) is 4.79 Å². The summed E-state index contributed by atoms with van der Waals surface area (Å²) in [4.78, 5) is 19.1. The number of ether oxygens (including phenoxy) is 1. The van der Waals surface area contributed by atoms with Crippen molar-refractivity contribution in [3.05, 3.63) is 71.8 Å². The largest absolute Gasteiger partial charge is 0.444 e. The fourth-order valence-corrected chi connectivity index (χ4v) is 4.23. The van der Waals surface area contributed by atoms with Crippen LogP contribution in [-0.2, 0) is 17.8 Å². The lowest BCUT2D eigenvalue weighted by Gasteiger charge is -2.35. The molecule has 2 aromatic rings. The highest BCUT2D eigenvalue weighted by atomic mass is 16.6. The van der Waals surface area contributed by atoms with Crippen LogP contribution in [0.1, 0.15) is 51.2 Å². The molecule has 5 nitrogen and oxygen atoms in total. The van der Waals surface area contributed by atoms with E-state index in [0.717, 1.165) is 52.4 Å². The van der Waals surface area contributed by atoms with Gasteiger partial charge in [-0.3, -0.25) is 9.80 Å². The van der Waals surface area contributed by atoms with Crippen LogP contribution in [0.5, 0.6) is 0 Å². The molecule has 1 aliphatic heterocycles. The van der Waals surface area contributed by atoms with Crippen LogP contribution >= 0.6 is 0 Å². The number of amides is 1. The summed E-state index contributed by atoms with van der Waals surface area (Å²) in [6.45, 7) is 13.3. The average Bonchev–Trinajstić information content (AvgIpc) is 2.79. The smallest absolute Gasteiger partial charge is 0.410 e. The summed E-state index contributed by atoms with van der Waals surface area (Å²) >= 11 is 0. The SMILES string of the molecule is CC(C)(C)OC(=O)N1CCN(CCCCCN(Cc2ccccc2)Cc2ccccc2)CC1. The van der Waals surface area contributed by atoms with Crippen LogP contribution in [0.3, 0.4) is 0 Å². The van der Waals surface area contributed by atoms with E-state index in [-0.39, 0.29) is 6.09 Å². The number of rotatable bonds is 10. The van der Waals surface area contributed by atoms with Crippen molar-refractivity contribution in [1.29, 1.82) is 0 Å². The number of piperazine rings is 1. The Hall–Kier alpha value is -2.37. The van der Waals surface area contributed by atoms with Crippen LogP contribution in [-0.4, -0.2) is 65.7 Å². The van der Waals surface area contributed by atoms with Crippen molar-refractivity contribution in [1.82, 2.24) is 14.7 Å². The number of benzene rings is 2. The number of hydrogen-bond acceptors (Lipinski definition) is 4. The maximum atomic E-state index is 12.2. The third kappa shape index (κ3) is 9.56. The van der Waals surface area contributed by atoms with E-state index in [2.05, 4.69) is 70.5 Å². The van der Waals surface area contributed by atoms with Crippen molar-refractivity contribution < 1.29 is 9.53 Å². The van der Waals surface area contributed by atoms with Gasteiger partial charge in [-0.25, -0.2) is 4.79 Å². The van der Waals surface area contributed by atoms with E-state index in [0.29, 0.717) is 0 Å². The van der Waals surface area contributed by atoms with Gasteiger partial charge in [0.2, 0.25) is 0 Å². The zero-order valence-corrected chi connectivity index (χ0v) is 20.7. The normalized spacial score (nSPS) is 15.1. The molecule has 180 valence electrons. The van der Waals surface area contributed by atoms with Crippen LogP contribution in [0.2, 0.25) is 0 Å². The first-order chi connectivity index (χ1) is 15.9. The number of nitrogens with zero attached hydrogens (tertiary/aromatic N) is 3. The fraction of sp³-hybridized carbons (Fsp3) is 0.536. The highest BCUT2D eigenvalue weighted by molar-refractivity contribution is 5.68. The van der Waals surface area contributed by atoms with Crippen molar-refractivity contribution in [2.24, 2.45) is 0 Å². The minimum Gasteiger partial charge on any atom is -0.444 e. The summed E-state index contributed by atoms with van der Waals surface area (Å²) in [5.74, 6) is 0. The van der Waals surface area contributed by atoms with Crippen molar-refractivity contribution in [2.45, 2.75) is 58.7 Å². The van der Waals surface area contributed by atoms with Crippen LogP contribution in [0.25, 0.3) is 0 Å². The van der Waals surface area contributed by atoms with E-state index >= 15 is 0 Å². The minimum absolute atomic E-state index is 0.181. The Balaban J connectivity index is 1.36. The summed E-state index contributed by atoms with van der Waals surface area (Å²) in [5, 5.41) is 0. The molecule has 3 rings (SSSR count). The first-order valence-electron chi connectivity index (χ1n) is 12.4. The van der Waals surface area contributed by atoms with E-state index in [1.54, 1.807) is 0 Å². The van der Waals surface area contributed by atoms with E-state index < -0.39 is 5.60 Å². The lowest BCUT2D eigenvalue weighted by molar-refractivity contribution is 0.0144. The van der Waals surface area contributed by atoms with Gasteiger partial charge in [-0.2, -0.15) is 0 Å². The van der Waals surface area contributed by atoms with Gasteiger partial charge in [-0.1, -0.05) is 67.1 Å². The Kier molecular flexibility index (Phi) is 9.76. The molecule has 0 unspecified atom stereocenters. The number of hydrogen-bond donors (Lipinski definition) is 0. The molecular formula is C28H41N3O2. The lowest BCUT2D eigenvalue weighted by atomic mass is 10.1. The molecule has 0 N–H and O–H groups in total. The van der Waals surface area contributed by atoms with E-state index in [1.807, 2.05) is 25.7 Å². The third-order valence-electron chi connectivity index (χ3n) is 5.97. The van der Waals surface area contributed by atoms with E-state index in [1.165, 1.54) is 30.4 Å². The van der Waals surface area contributed by atoms with Crippen molar-refractivity contribution in [2.75, 3.05) is 39.3 Å². The molecule has 0 aromatic heterocycles. The van der Waals surface area contributed by atoms with Crippen molar-refractivity contribution >= 4 is 6.09 Å². The maximum absolute atomic E-state index is 12.2. The second-order valence-electron chi connectivity index (χ2n) is 10.1. The predicted molar refractivity (Wildman–Crippen MR) is 135 cm³/mol. The molecule has 0 saturated carbocycles. The summed E-state index contributed by atoms with van der Waals surface area (Å²) in [5.41, 5.74) is 2.32. The molecule has 0 bridgehead atoms. The predicted octanol–water partition coefficient (Wildman–Crippen LogP) is 5.41. The molecule has 0 atom stereocenters. The molecule has 1 aliphatic rings. The summed E-state index contributed by atoms with van der Waals surface area (Å²) in [6.07, 6.45) is 3.46. The minimum atomic E-state index is -0.427. The molecule has 1 fully saturated rings.